The molecule has 2 aliphatic rings. The third kappa shape index (κ3) is 1.74. The smallest absolute Gasteiger partial charge is 0.202 e. The number of piperazine rings is 1. The van der Waals surface area contributed by atoms with E-state index < -0.39 is 0 Å². The first-order valence-corrected chi connectivity index (χ1v) is 7.19. The van der Waals surface area contributed by atoms with Gasteiger partial charge in [0.2, 0.25) is 5.78 Å². The largest absolute Gasteiger partial charge is 0.310 e. The molecular formula is C13H13BrN4O. The molecule has 6 heteroatoms. The molecule has 0 radical (unpaired) electrons. The van der Waals surface area contributed by atoms with Gasteiger partial charge in [0, 0.05) is 28.5 Å². The van der Waals surface area contributed by atoms with Gasteiger partial charge in [0.15, 0.2) is 0 Å². The number of fused-ring (bicyclic) bond motifs is 3. The van der Waals surface area contributed by atoms with Crippen molar-refractivity contribution in [2.75, 3.05) is 6.54 Å². The molecule has 98 valence electrons. The van der Waals surface area contributed by atoms with Gasteiger partial charge in [0.05, 0.1) is 11.6 Å². The summed E-state index contributed by atoms with van der Waals surface area (Å²) in [5.74, 6) is 0.0771. The van der Waals surface area contributed by atoms with E-state index in [4.69, 9.17) is 0 Å². The van der Waals surface area contributed by atoms with Gasteiger partial charge in [-0.25, -0.2) is 0 Å². The Bertz CT molecular complexity index is 668. The van der Waals surface area contributed by atoms with E-state index in [0.717, 1.165) is 28.3 Å². The molecule has 0 spiro atoms. The van der Waals surface area contributed by atoms with Gasteiger partial charge < -0.3 is 10.6 Å². The quantitative estimate of drug-likeness (QED) is 0.727. The number of rotatable bonds is 2. The van der Waals surface area contributed by atoms with Crippen LogP contribution < -0.4 is 10.6 Å². The van der Waals surface area contributed by atoms with E-state index in [1.165, 1.54) is 0 Å². The minimum absolute atomic E-state index is 0.0771. The highest BCUT2D eigenvalue weighted by Gasteiger charge is 2.43. The van der Waals surface area contributed by atoms with Gasteiger partial charge in [-0.15, -0.1) is 0 Å². The number of hydrogen-bond donors (Lipinski definition) is 3. The third-order valence-electron chi connectivity index (χ3n) is 4.02. The van der Waals surface area contributed by atoms with E-state index in [0.29, 0.717) is 11.7 Å². The van der Waals surface area contributed by atoms with E-state index in [1.807, 2.05) is 18.2 Å². The summed E-state index contributed by atoms with van der Waals surface area (Å²) in [5.41, 5.74) is 1.42. The van der Waals surface area contributed by atoms with Crippen LogP contribution >= 0.6 is 15.9 Å². The lowest BCUT2D eigenvalue weighted by atomic mass is 10.0. The number of ketones is 1. The summed E-state index contributed by atoms with van der Waals surface area (Å²) >= 11 is 3.42. The highest BCUT2D eigenvalue weighted by atomic mass is 79.9. The lowest BCUT2D eigenvalue weighted by Crippen LogP contribution is -2.52. The molecule has 2 aromatic rings. The first-order valence-electron chi connectivity index (χ1n) is 6.39. The van der Waals surface area contributed by atoms with Gasteiger partial charge >= 0.3 is 0 Å². The minimum Gasteiger partial charge on any atom is -0.310 e. The first kappa shape index (κ1) is 11.6. The van der Waals surface area contributed by atoms with Crippen LogP contribution in [0.25, 0.3) is 10.9 Å². The fourth-order valence-electron chi connectivity index (χ4n) is 3.10. The Labute approximate surface area is 118 Å². The molecule has 19 heavy (non-hydrogen) atoms. The van der Waals surface area contributed by atoms with Crippen molar-refractivity contribution in [1.29, 1.82) is 0 Å². The molecule has 3 atom stereocenters. The predicted molar refractivity (Wildman–Crippen MR) is 75.2 cm³/mol. The average Bonchev–Trinajstić information content (AvgIpc) is 3.11. The standard InChI is InChI=1S/C13H13BrN4O/c14-6-1-2-8-9(3-6)17-18-11(8)13(19)12-10-4-7(16-12)5-15-10/h1-3,7,10,12,15-16H,4-5H2,(H,17,18)/t7-,10+,12?/m1/s1. The van der Waals surface area contributed by atoms with Crippen LogP contribution in [0, 0.1) is 0 Å². The molecule has 3 N–H and O–H groups in total. The molecule has 2 fully saturated rings. The van der Waals surface area contributed by atoms with Crippen LogP contribution in [0.3, 0.4) is 0 Å². The molecule has 0 saturated carbocycles. The molecule has 1 unspecified atom stereocenters. The maximum Gasteiger partial charge on any atom is 0.202 e. The molecule has 5 nitrogen and oxygen atoms in total. The molecule has 3 heterocycles. The first-order chi connectivity index (χ1) is 9.22. The van der Waals surface area contributed by atoms with Crippen molar-refractivity contribution in [3.63, 3.8) is 0 Å². The third-order valence-corrected chi connectivity index (χ3v) is 4.52. The Kier molecular flexibility index (Phi) is 2.51. The van der Waals surface area contributed by atoms with Gasteiger partial charge in [-0.05, 0) is 24.6 Å². The summed E-state index contributed by atoms with van der Waals surface area (Å²) < 4.78 is 0.974. The highest BCUT2D eigenvalue weighted by molar-refractivity contribution is 9.10. The fourth-order valence-corrected chi connectivity index (χ4v) is 3.46. The molecule has 2 aliphatic heterocycles. The number of aromatic amines is 1. The van der Waals surface area contributed by atoms with Crippen molar-refractivity contribution >= 4 is 32.6 Å². The van der Waals surface area contributed by atoms with Crippen LogP contribution in [0.4, 0.5) is 0 Å². The Morgan fingerprint density at radius 1 is 1.42 bits per heavy atom. The van der Waals surface area contributed by atoms with E-state index in [9.17, 15) is 4.79 Å². The SMILES string of the molecule is O=C(c1n[nH]c2cc(Br)ccc12)C1N[C@H]2CN[C@H]1C2. The summed E-state index contributed by atoms with van der Waals surface area (Å²) in [6, 6.07) is 6.33. The number of hydrogen-bond acceptors (Lipinski definition) is 4. The van der Waals surface area contributed by atoms with Crippen LogP contribution in [-0.2, 0) is 0 Å². The monoisotopic (exact) mass is 320 g/mol. The second kappa shape index (κ2) is 4.13. The molecule has 4 rings (SSSR count). The van der Waals surface area contributed by atoms with Crippen molar-refractivity contribution in [3.8, 4) is 0 Å². The van der Waals surface area contributed by atoms with E-state index in [2.05, 4.69) is 36.8 Å². The van der Waals surface area contributed by atoms with Gasteiger partial charge in [-0.2, -0.15) is 5.10 Å². The molecule has 0 aliphatic carbocycles. The van der Waals surface area contributed by atoms with Crippen LogP contribution in [0.15, 0.2) is 22.7 Å². The number of H-pyrrole nitrogens is 1. The summed E-state index contributed by atoms with van der Waals surface area (Å²) in [5, 5.41) is 14.8. The van der Waals surface area contributed by atoms with Crippen LogP contribution in [0.2, 0.25) is 0 Å². The van der Waals surface area contributed by atoms with E-state index >= 15 is 0 Å². The number of aromatic nitrogens is 2. The number of nitrogens with one attached hydrogen (secondary N) is 3. The van der Waals surface area contributed by atoms with Crippen molar-refractivity contribution in [2.45, 2.75) is 24.5 Å². The normalized spacial score (nSPS) is 29.2. The van der Waals surface area contributed by atoms with Crippen molar-refractivity contribution in [3.05, 3.63) is 28.4 Å². The van der Waals surface area contributed by atoms with E-state index in [-0.39, 0.29) is 17.9 Å². The zero-order chi connectivity index (χ0) is 13.0. The highest BCUT2D eigenvalue weighted by Crippen LogP contribution is 2.26. The molecule has 0 amide bonds. The molecule has 2 saturated heterocycles. The number of nitrogens with zero attached hydrogens (tertiary/aromatic N) is 1. The number of Topliss-reactive ketones (excluding diaryl/α,β-unsaturated/α-hetero) is 1. The lowest BCUT2D eigenvalue weighted by Gasteiger charge is -2.22. The van der Waals surface area contributed by atoms with Gasteiger partial charge in [0.25, 0.3) is 0 Å². The molecule has 1 aromatic carbocycles. The van der Waals surface area contributed by atoms with Crippen molar-refractivity contribution < 1.29 is 4.79 Å². The van der Waals surface area contributed by atoms with Crippen LogP contribution in [0.5, 0.6) is 0 Å². The summed E-state index contributed by atoms with van der Waals surface area (Å²) in [6.45, 7) is 0.961. The van der Waals surface area contributed by atoms with E-state index in [1.54, 1.807) is 0 Å². The zero-order valence-corrected chi connectivity index (χ0v) is 11.7. The maximum absolute atomic E-state index is 12.6. The maximum atomic E-state index is 12.6. The Hall–Kier alpha value is -1.24. The number of benzene rings is 1. The Morgan fingerprint density at radius 2 is 2.32 bits per heavy atom. The average molecular weight is 321 g/mol. The summed E-state index contributed by atoms with van der Waals surface area (Å²) in [4.78, 5) is 12.6. The zero-order valence-electron chi connectivity index (χ0n) is 10.1. The molecule has 1 aromatic heterocycles. The van der Waals surface area contributed by atoms with Crippen molar-refractivity contribution in [1.82, 2.24) is 20.8 Å². The van der Waals surface area contributed by atoms with Gasteiger partial charge in [-0.1, -0.05) is 15.9 Å². The minimum atomic E-state index is -0.145. The second-order valence-electron chi connectivity index (χ2n) is 5.22. The van der Waals surface area contributed by atoms with Gasteiger partial charge in [-0.3, -0.25) is 9.89 Å². The molecule has 2 bridgehead atoms. The Morgan fingerprint density at radius 3 is 3.05 bits per heavy atom. The Balaban J connectivity index is 1.72. The predicted octanol–water partition coefficient (Wildman–Crippen LogP) is 1.21. The number of carbonyl (C=O) groups is 1. The summed E-state index contributed by atoms with van der Waals surface area (Å²) in [7, 11) is 0. The topological polar surface area (TPSA) is 69.8 Å². The molecular weight excluding hydrogens is 308 g/mol. The second-order valence-corrected chi connectivity index (χ2v) is 6.13. The number of halogens is 1. The van der Waals surface area contributed by atoms with Gasteiger partial charge in [0.1, 0.15) is 5.69 Å². The van der Waals surface area contributed by atoms with Crippen LogP contribution in [0.1, 0.15) is 16.9 Å². The van der Waals surface area contributed by atoms with Crippen molar-refractivity contribution in [2.24, 2.45) is 0 Å². The van der Waals surface area contributed by atoms with Crippen LogP contribution in [-0.4, -0.2) is 40.7 Å². The summed E-state index contributed by atoms with van der Waals surface area (Å²) in [6.07, 6.45) is 1.03. The lowest BCUT2D eigenvalue weighted by molar-refractivity contribution is 0.0927. The fraction of sp³-hybridized carbons (Fsp3) is 0.385. The number of carbonyl (C=O) groups excluding carboxylic acids is 1.